The van der Waals surface area contributed by atoms with E-state index in [-0.39, 0.29) is 34.7 Å². The highest BCUT2D eigenvalue weighted by molar-refractivity contribution is 7.78. The zero-order valence-corrected chi connectivity index (χ0v) is 20.5. The van der Waals surface area contributed by atoms with Gasteiger partial charge in [-0.15, -0.1) is 0 Å². The lowest BCUT2D eigenvalue weighted by atomic mass is 10.0. The first-order valence-corrected chi connectivity index (χ1v) is 12.8. The number of alkyl halides is 3. The lowest BCUT2D eigenvalue weighted by Gasteiger charge is -2.26. The van der Waals surface area contributed by atoms with E-state index in [4.69, 9.17) is 4.74 Å². The normalized spacial score (nSPS) is 14.2. The molecule has 2 aromatic heterocycles. The van der Waals surface area contributed by atoms with Gasteiger partial charge in [0.15, 0.2) is 0 Å². The molecule has 1 aliphatic carbocycles. The molecule has 0 amide bonds. The van der Waals surface area contributed by atoms with Gasteiger partial charge >= 0.3 is 6.18 Å². The molecule has 2 heterocycles. The Morgan fingerprint density at radius 1 is 1.03 bits per heavy atom. The Bertz CT molecular complexity index is 1550. The molecule has 1 fully saturated rings. The van der Waals surface area contributed by atoms with Crippen LogP contribution in [0, 0.1) is 11.3 Å². The summed E-state index contributed by atoms with van der Waals surface area (Å²) in [4.78, 5) is 13.7. The average Bonchev–Trinajstić information content (AvgIpc) is 3.71. The van der Waals surface area contributed by atoms with E-state index in [1.807, 2.05) is 6.07 Å². The van der Waals surface area contributed by atoms with Crippen molar-refractivity contribution >= 4 is 33.5 Å². The molecule has 0 spiro atoms. The quantitative estimate of drug-likeness (QED) is 0.282. The van der Waals surface area contributed by atoms with Crippen molar-refractivity contribution in [3.05, 3.63) is 72.2 Å². The standard InChI is InChI=1S/C26H20F3N5O3S/c27-26(28,29)15-34(21-9-18(11-30)25(32-13-21)37-22-6-7-22)20-4-1-16(2-5-20)17-3-8-23-24(10-17)31-12-19(33-23)14-38(35)36/h1-5,8-10,12-13,22H,6-7,14-15H2,(H,35,36)/p-1. The maximum absolute atomic E-state index is 13.5. The van der Waals surface area contributed by atoms with Crippen molar-refractivity contribution in [2.45, 2.75) is 30.9 Å². The van der Waals surface area contributed by atoms with Gasteiger partial charge in [0.2, 0.25) is 5.88 Å². The Morgan fingerprint density at radius 3 is 2.42 bits per heavy atom. The van der Waals surface area contributed by atoms with Crippen molar-refractivity contribution in [2.24, 2.45) is 0 Å². The van der Waals surface area contributed by atoms with Crippen molar-refractivity contribution in [1.29, 1.82) is 5.26 Å². The molecule has 1 atom stereocenters. The molecule has 4 aromatic rings. The van der Waals surface area contributed by atoms with Crippen molar-refractivity contribution in [3.8, 4) is 23.1 Å². The third kappa shape index (κ3) is 6.07. The maximum Gasteiger partial charge on any atom is 0.406 e. The maximum atomic E-state index is 13.5. The number of fused-ring (bicyclic) bond motifs is 1. The highest BCUT2D eigenvalue weighted by Crippen LogP contribution is 2.35. The van der Waals surface area contributed by atoms with Crippen LogP contribution in [-0.2, 0) is 16.8 Å². The molecule has 8 nitrogen and oxygen atoms in total. The number of nitrogens with zero attached hydrogens (tertiary/aromatic N) is 5. The number of benzene rings is 2. The van der Waals surface area contributed by atoms with Crippen LogP contribution in [0.3, 0.4) is 0 Å². The Morgan fingerprint density at radius 2 is 1.76 bits per heavy atom. The molecule has 0 radical (unpaired) electrons. The number of ether oxygens (including phenoxy) is 1. The van der Waals surface area contributed by atoms with Gasteiger partial charge in [-0.3, -0.25) is 9.19 Å². The van der Waals surface area contributed by atoms with Crippen LogP contribution in [0.5, 0.6) is 5.88 Å². The van der Waals surface area contributed by atoms with Gasteiger partial charge in [0, 0.05) is 5.69 Å². The molecule has 1 saturated carbocycles. The average molecular weight is 539 g/mol. The van der Waals surface area contributed by atoms with E-state index in [9.17, 15) is 27.2 Å². The van der Waals surface area contributed by atoms with Gasteiger partial charge in [0.05, 0.1) is 40.6 Å². The Kier molecular flexibility index (Phi) is 6.96. The largest absolute Gasteiger partial charge is 0.772 e. The van der Waals surface area contributed by atoms with Crippen LogP contribution < -0.4 is 9.64 Å². The number of rotatable bonds is 8. The summed E-state index contributed by atoms with van der Waals surface area (Å²) in [7, 11) is 0. The topological polar surface area (TPSA) is 115 Å². The summed E-state index contributed by atoms with van der Waals surface area (Å²) in [5.74, 6) is -0.115. The molecule has 1 unspecified atom stereocenters. The smallest absolute Gasteiger partial charge is 0.406 e. The molecule has 1 aliphatic rings. The van der Waals surface area contributed by atoms with Gasteiger partial charge in [0.25, 0.3) is 0 Å². The molecule has 5 rings (SSSR count). The number of nitriles is 1. The fraction of sp³-hybridized carbons (Fsp3) is 0.231. The van der Waals surface area contributed by atoms with Crippen LogP contribution >= 0.6 is 0 Å². The molecule has 12 heteroatoms. The van der Waals surface area contributed by atoms with Gasteiger partial charge < -0.3 is 14.2 Å². The summed E-state index contributed by atoms with van der Waals surface area (Å²) < 4.78 is 68.0. The highest BCUT2D eigenvalue weighted by atomic mass is 32.2. The predicted octanol–water partition coefficient (Wildman–Crippen LogP) is 5.18. The monoisotopic (exact) mass is 538 g/mol. The zero-order chi connectivity index (χ0) is 26.9. The molecular formula is C26H19F3N5O3S-. The molecular weight excluding hydrogens is 519 g/mol. The summed E-state index contributed by atoms with van der Waals surface area (Å²) in [5, 5.41) is 9.50. The lowest BCUT2D eigenvalue weighted by molar-refractivity contribution is -0.118. The van der Waals surface area contributed by atoms with Crippen LogP contribution in [0.15, 0.2) is 60.9 Å². The van der Waals surface area contributed by atoms with Crippen molar-refractivity contribution in [1.82, 2.24) is 15.0 Å². The van der Waals surface area contributed by atoms with Crippen LogP contribution in [0.25, 0.3) is 22.2 Å². The van der Waals surface area contributed by atoms with E-state index in [0.717, 1.165) is 28.9 Å². The summed E-state index contributed by atoms with van der Waals surface area (Å²) in [6.07, 6.45) is -0.138. The third-order valence-electron chi connectivity index (χ3n) is 5.78. The van der Waals surface area contributed by atoms with Crippen molar-refractivity contribution < 1.29 is 26.7 Å². The Labute approximate surface area is 218 Å². The van der Waals surface area contributed by atoms with Gasteiger partial charge in [-0.2, -0.15) is 18.4 Å². The Hall–Kier alpha value is -4.08. The molecule has 0 bridgehead atoms. The van der Waals surface area contributed by atoms with Gasteiger partial charge in [-0.05, 0) is 65.4 Å². The van der Waals surface area contributed by atoms with Crippen LogP contribution in [0.1, 0.15) is 24.1 Å². The molecule has 2 aromatic carbocycles. The predicted molar refractivity (Wildman–Crippen MR) is 133 cm³/mol. The second-order valence-corrected chi connectivity index (χ2v) is 9.63. The van der Waals surface area contributed by atoms with Crippen molar-refractivity contribution in [3.63, 3.8) is 0 Å². The summed E-state index contributed by atoms with van der Waals surface area (Å²) >= 11 is -2.28. The van der Waals surface area contributed by atoms with Gasteiger partial charge in [-0.25, -0.2) is 9.97 Å². The molecule has 0 saturated heterocycles. The lowest BCUT2D eigenvalue weighted by Crippen LogP contribution is -2.30. The number of hydrogen-bond acceptors (Lipinski definition) is 8. The molecule has 0 aliphatic heterocycles. The number of pyridine rings is 1. The minimum absolute atomic E-state index is 0.00853. The SMILES string of the molecule is N#Cc1cc(N(CC(F)(F)F)c2ccc(-c3ccc4nc(CS(=O)[O-])cnc4c3)cc2)cnc1OC1CC1. The minimum Gasteiger partial charge on any atom is -0.772 e. The number of anilines is 2. The van der Waals surface area contributed by atoms with Gasteiger partial charge in [-0.1, -0.05) is 18.2 Å². The first kappa shape index (κ1) is 25.6. The van der Waals surface area contributed by atoms with E-state index in [0.29, 0.717) is 16.7 Å². The first-order valence-electron chi connectivity index (χ1n) is 11.5. The molecule has 194 valence electrons. The highest BCUT2D eigenvalue weighted by Gasteiger charge is 2.32. The molecule has 0 N–H and O–H groups in total. The minimum atomic E-state index is -4.51. The fourth-order valence-electron chi connectivity index (χ4n) is 3.87. The number of hydrogen-bond donors (Lipinski definition) is 0. The summed E-state index contributed by atoms with van der Waals surface area (Å²) in [6, 6.07) is 15.1. The summed E-state index contributed by atoms with van der Waals surface area (Å²) in [6.45, 7) is -1.27. The van der Waals surface area contributed by atoms with Crippen LogP contribution in [0.2, 0.25) is 0 Å². The fourth-order valence-corrected chi connectivity index (χ4v) is 4.25. The first-order chi connectivity index (χ1) is 18.2. The van der Waals surface area contributed by atoms with Gasteiger partial charge in [0.1, 0.15) is 24.3 Å². The Balaban J connectivity index is 1.44. The van der Waals surface area contributed by atoms with E-state index < -0.39 is 23.8 Å². The van der Waals surface area contributed by atoms with Crippen molar-refractivity contribution in [2.75, 3.05) is 11.4 Å². The van der Waals surface area contributed by atoms with Crippen LogP contribution in [-0.4, -0.2) is 42.5 Å². The van der Waals surface area contributed by atoms with E-state index >= 15 is 0 Å². The zero-order valence-electron chi connectivity index (χ0n) is 19.7. The van der Waals surface area contributed by atoms with E-state index in [1.54, 1.807) is 42.5 Å². The number of aromatic nitrogens is 3. The summed E-state index contributed by atoms with van der Waals surface area (Å²) in [5.41, 5.74) is 3.35. The van der Waals surface area contributed by atoms with Crippen LogP contribution in [0.4, 0.5) is 24.5 Å². The van der Waals surface area contributed by atoms with E-state index in [1.165, 1.54) is 18.5 Å². The second kappa shape index (κ2) is 10.4. The number of halogens is 3. The van der Waals surface area contributed by atoms with E-state index in [2.05, 4.69) is 15.0 Å². The second-order valence-electron chi connectivity index (χ2n) is 8.74. The third-order valence-corrected chi connectivity index (χ3v) is 6.31. The molecule has 38 heavy (non-hydrogen) atoms.